The standard InChI is InChI=1S/C10H18N2O/c1-6-7-12-8(13)9(2,3)11-10(12,4)5/h6,11H,1,7H2,2-5H3. The molecule has 3 nitrogen and oxygen atoms in total. The van der Waals surface area contributed by atoms with Crippen molar-refractivity contribution < 1.29 is 4.79 Å². The van der Waals surface area contributed by atoms with E-state index in [4.69, 9.17) is 0 Å². The number of carbonyl (C=O) groups excluding carboxylic acids is 1. The number of nitrogens with one attached hydrogen (secondary N) is 1. The molecule has 0 atom stereocenters. The van der Waals surface area contributed by atoms with Gasteiger partial charge in [-0.2, -0.15) is 0 Å². The summed E-state index contributed by atoms with van der Waals surface area (Å²) in [5, 5.41) is 3.28. The topological polar surface area (TPSA) is 32.3 Å². The molecular formula is C10H18N2O. The Kier molecular flexibility index (Phi) is 2.24. The molecule has 1 rings (SSSR count). The average molecular weight is 182 g/mol. The van der Waals surface area contributed by atoms with Gasteiger partial charge in [0.15, 0.2) is 0 Å². The van der Waals surface area contributed by atoms with Gasteiger partial charge in [-0.3, -0.25) is 10.1 Å². The van der Waals surface area contributed by atoms with Crippen LogP contribution in [-0.4, -0.2) is 28.6 Å². The van der Waals surface area contributed by atoms with E-state index >= 15 is 0 Å². The second-order valence-electron chi connectivity index (χ2n) is 4.51. The highest BCUT2D eigenvalue weighted by Crippen LogP contribution is 2.26. The molecule has 0 aromatic rings. The maximum absolute atomic E-state index is 11.8. The maximum atomic E-state index is 11.8. The van der Waals surface area contributed by atoms with Crippen molar-refractivity contribution in [2.24, 2.45) is 0 Å². The Balaban J connectivity index is 2.94. The van der Waals surface area contributed by atoms with Gasteiger partial charge in [0.2, 0.25) is 5.91 Å². The second kappa shape index (κ2) is 2.84. The first-order valence-corrected chi connectivity index (χ1v) is 4.53. The quantitative estimate of drug-likeness (QED) is 0.649. The summed E-state index contributed by atoms with van der Waals surface area (Å²) in [6.45, 7) is 12.1. The molecule has 0 unspecified atom stereocenters. The Hall–Kier alpha value is -0.830. The predicted octanol–water partition coefficient (Wildman–Crippen LogP) is 1.12. The van der Waals surface area contributed by atoms with Crippen LogP contribution in [0.25, 0.3) is 0 Å². The minimum absolute atomic E-state index is 0.136. The minimum Gasteiger partial charge on any atom is -0.320 e. The molecule has 1 fully saturated rings. The Bertz CT molecular complexity index is 243. The van der Waals surface area contributed by atoms with Crippen molar-refractivity contribution in [3.05, 3.63) is 12.7 Å². The highest BCUT2D eigenvalue weighted by Gasteiger charge is 2.48. The van der Waals surface area contributed by atoms with Crippen molar-refractivity contribution in [3.8, 4) is 0 Å². The maximum Gasteiger partial charge on any atom is 0.244 e. The van der Waals surface area contributed by atoms with Crippen molar-refractivity contribution in [1.29, 1.82) is 0 Å². The number of hydrogen-bond acceptors (Lipinski definition) is 2. The van der Waals surface area contributed by atoms with Crippen LogP contribution in [0.3, 0.4) is 0 Å². The van der Waals surface area contributed by atoms with Crippen LogP contribution in [0.2, 0.25) is 0 Å². The summed E-state index contributed by atoms with van der Waals surface area (Å²) >= 11 is 0. The first kappa shape index (κ1) is 10.3. The fourth-order valence-electron chi connectivity index (χ4n) is 1.92. The van der Waals surface area contributed by atoms with E-state index in [0.717, 1.165) is 0 Å². The highest BCUT2D eigenvalue weighted by atomic mass is 16.2. The molecule has 1 saturated heterocycles. The third-order valence-corrected chi connectivity index (χ3v) is 2.38. The monoisotopic (exact) mass is 182 g/mol. The van der Waals surface area contributed by atoms with Gasteiger partial charge in [-0.15, -0.1) is 6.58 Å². The average Bonchev–Trinajstić information content (AvgIpc) is 2.09. The fourth-order valence-corrected chi connectivity index (χ4v) is 1.92. The summed E-state index contributed by atoms with van der Waals surface area (Å²) < 4.78 is 0. The normalized spacial score (nSPS) is 24.9. The number of hydrogen-bond donors (Lipinski definition) is 1. The number of nitrogens with zero attached hydrogens (tertiary/aromatic N) is 1. The fraction of sp³-hybridized carbons (Fsp3) is 0.700. The van der Waals surface area contributed by atoms with Crippen LogP contribution in [0.5, 0.6) is 0 Å². The van der Waals surface area contributed by atoms with Crippen LogP contribution in [0, 0.1) is 0 Å². The van der Waals surface area contributed by atoms with Crippen molar-refractivity contribution in [1.82, 2.24) is 10.2 Å². The van der Waals surface area contributed by atoms with Gasteiger partial charge in [-0.1, -0.05) is 6.08 Å². The molecule has 3 heteroatoms. The molecule has 1 N–H and O–H groups in total. The minimum atomic E-state index is -0.452. The molecule has 1 amide bonds. The van der Waals surface area contributed by atoms with E-state index in [0.29, 0.717) is 6.54 Å². The summed E-state index contributed by atoms with van der Waals surface area (Å²) in [4.78, 5) is 13.7. The van der Waals surface area contributed by atoms with E-state index in [1.54, 1.807) is 11.0 Å². The molecule has 13 heavy (non-hydrogen) atoms. The van der Waals surface area contributed by atoms with Crippen LogP contribution in [-0.2, 0) is 4.79 Å². The zero-order valence-electron chi connectivity index (χ0n) is 8.85. The van der Waals surface area contributed by atoms with Gasteiger partial charge >= 0.3 is 0 Å². The van der Waals surface area contributed by atoms with Crippen LogP contribution in [0.1, 0.15) is 27.7 Å². The third kappa shape index (κ3) is 1.61. The first-order chi connectivity index (χ1) is 5.81. The van der Waals surface area contributed by atoms with Crippen molar-refractivity contribution in [2.45, 2.75) is 38.9 Å². The van der Waals surface area contributed by atoms with Gasteiger partial charge < -0.3 is 4.90 Å². The van der Waals surface area contributed by atoms with E-state index in [1.807, 2.05) is 27.7 Å². The Morgan fingerprint density at radius 3 is 2.31 bits per heavy atom. The Morgan fingerprint density at radius 1 is 1.46 bits per heavy atom. The number of amides is 1. The molecule has 1 heterocycles. The Labute approximate surface area is 79.8 Å². The summed E-state index contributed by atoms with van der Waals surface area (Å²) in [5.41, 5.74) is -0.721. The molecule has 0 aliphatic carbocycles. The second-order valence-corrected chi connectivity index (χ2v) is 4.51. The number of carbonyl (C=O) groups is 1. The predicted molar refractivity (Wildman–Crippen MR) is 53.2 cm³/mol. The molecule has 1 aliphatic heterocycles. The number of rotatable bonds is 2. The van der Waals surface area contributed by atoms with Gasteiger partial charge in [-0.05, 0) is 27.7 Å². The van der Waals surface area contributed by atoms with E-state index in [9.17, 15) is 4.79 Å². The lowest BCUT2D eigenvalue weighted by Gasteiger charge is -2.30. The highest BCUT2D eigenvalue weighted by molar-refractivity contribution is 5.88. The molecule has 74 valence electrons. The van der Waals surface area contributed by atoms with E-state index in [2.05, 4.69) is 11.9 Å². The lowest BCUT2D eigenvalue weighted by Crippen LogP contribution is -2.48. The van der Waals surface area contributed by atoms with Crippen LogP contribution >= 0.6 is 0 Å². The lowest BCUT2D eigenvalue weighted by molar-refractivity contribution is -0.133. The van der Waals surface area contributed by atoms with Gasteiger partial charge in [-0.25, -0.2) is 0 Å². The zero-order chi connectivity index (χ0) is 10.3. The summed E-state index contributed by atoms with van der Waals surface area (Å²) in [7, 11) is 0. The molecule has 0 bridgehead atoms. The zero-order valence-corrected chi connectivity index (χ0v) is 8.85. The molecular weight excluding hydrogens is 164 g/mol. The summed E-state index contributed by atoms with van der Waals surface area (Å²) in [6, 6.07) is 0. The molecule has 0 saturated carbocycles. The largest absolute Gasteiger partial charge is 0.320 e. The molecule has 0 aromatic heterocycles. The van der Waals surface area contributed by atoms with Crippen LogP contribution in [0.4, 0.5) is 0 Å². The molecule has 0 aromatic carbocycles. The van der Waals surface area contributed by atoms with Gasteiger partial charge in [0, 0.05) is 6.54 Å². The first-order valence-electron chi connectivity index (χ1n) is 4.53. The molecule has 0 spiro atoms. The smallest absolute Gasteiger partial charge is 0.244 e. The van der Waals surface area contributed by atoms with E-state index in [-0.39, 0.29) is 11.6 Å². The van der Waals surface area contributed by atoms with Crippen molar-refractivity contribution >= 4 is 5.91 Å². The Morgan fingerprint density at radius 2 is 2.00 bits per heavy atom. The summed E-state index contributed by atoms with van der Waals surface area (Å²) in [5.74, 6) is 0.136. The van der Waals surface area contributed by atoms with Gasteiger partial charge in [0.05, 0.1) is 11.2 Å². The third-order valence-electron chi connectivity index (χ3n) is 2.38. The SMILES string of the molecule is C=CCN1C(=O)C(C)(C)NC1(C)C. The van der Waals surface area contributed by atoms with Gasteiger partial charge in [0.25, 0.3) is 0 Å². The van der Waals surface area contributed by atoms with E-state index in [1.165, 1.54) is 0 Å². The van der Waals surface area contributed by atoms with Crippen molar-refractivity contribution in [2.75, 3.05) is 6.54 Å². The van der Waals surface area contributed by atoms with Crippen molar-refractivity contribution in [3.63, 3.8) is 0 Å². The lowest BCUT2D eigenvalue weighted by atomic mass is 10.1. The molecule has 1 aliphatic rings. The van der Waals surface area contributed by atoms with E-state index < -0.39 is 5.54 Å². The molecule has 0 radical (unpaired) electrons. The van der Waals surface area contributed by atoms with Crippen LogP contribution in [0.15, 0.2) is 12.7 Å². The summed E-state index contributed by atoms with van der Waals surface area (Å²) in [6.07, 6.45) is 1.75. The van der Waals surface area contributed by atoms with Gasteiger partial charge in [0.1, 0.15) is 0 Å². The van der Waals surface area contributed by atoms with Crippen LogP contribution < -0.4 is 5.32 Å².